The van der Waals surface area contributed by atoms with Crippen LogP contribution in [0, 0.1) is 5.82 Å². The molecule has 1 N–H and O–H groups in total. The Morgan fingerprint density at radius 3 is 2.67 bits per heavy atom. The lowest BCUT2D eigenvalue weighted by Crippen LogP contribution is -2.31. The Labute approximate surface area is 131 Å². The minimum absolute atomic E-state index is 0.0155. The molecular weight excluding hydrogens is 357 g/mol. The van der Waals surface area contributed by atoms with Crippen LogP contribution < -0.4 is 4.72 Å². The van der Waals surface area contributed by atoms with Gasteiger partial charge in [-0.15, -0.1) is 0 Å². The summed E-state index contributed by atoms with van der Waals surface area (Å²) >= 11 is 3.52. The van der Waals surface area contributed by atoms with Crippen LogP contribution in [0.25, 0.3) is 0 Å². The summed E-state index contributed by atoms with van der Waals surface area (Å²) in [6.07, 6.45) is 0.756. The molecule has 0 bridgehead atoms. The molecule has 2 aromatic carbocycles. The average molecular weight is 370 g/mol. The lowest BCUT2D eigenvalue weighted by molar-refractivity contribution is 0.557. The third kappa shape index (κ3) is 2.88. The third-order valence-electron chi connectivity index (χ3n) is 3.56. The third-order valence-corrected chi connectivity index (χ3v) is 5.85. The first-order chi connectivity index (χ1) is 9.97. The number of hydrogen-bond donors (Lipinski definition) is 1. The lowest BCUT2D eigenvalue weighted by atomic mass is 10.1. The highest BCUT2D eigenvalue weighted by Crippen LogP contribution is 2.36. The first-order valence-corrected chi connectivity index (χ1v) is 8.87. The fraction of sp³-hybridized carbons (Fsp3) is 0.200. The second-order valence-corrected chi connectivity index (χ2v) is 7.87. The van der Waals surface area contributed by atoms with Crippen molar-refractivity contribution >= 4 is 26.0 Å². The van der Waals surface area contributed by atoms with Gasteiger partial charge in [-0.25, -0.2) is 17.5 Å². The molecule has 110 valence electrons. The van der Waals surface area contributed by atoms with Crippen LogP contribution in [0.1, 0.15) is 17.2 Å². The van der Waals surface area contributed by atoms with Gasteiger partial charge in [-0.1, -0.05) is 46.3 Å². The molecule has 21 heavy (non-hydrogen) atoms. The van der Waals surface area contributed by atoms with Gasteiger partial charge in [0.15, 0.2) is 0 Å². The molecule has 0 aliphatic heterocycles. The summed E-state index contributed by atoms with van der Waals surface area (Å²) in [5, 5.41) is 0. The normalized spacial score (nSPS) is 21.2. The zero-order chi connectivity index (χ0) is 15.0. The summed E-state index contributed by atoms with van der Waals surface area (Å²) in [6, 6.07) is 12.4. The number of benzene rings is 2. The predicted molar refractivity (Wildman–Crippen MR) is 82.3 cm³/mol. The molecule has 1 aliphatic rings. The summed E-state index contributed by atoms with van der Waals surface area (Å²) in [5.74, 6) is -0.569. The van der Waals surface area contributed by atoms with E-state index in [9.17, 15) is 12.8 Å². The van der Waals surface area contributed by atoms with Crippen molar-refractivity contribution in [2.45, 2.75) is 22.2 Å². The van der Waals surface area contributed by atoms with Crippen molar-refractivity contribution in [3.8, 4) is 0 Å². The molecular formula is C15H13BrFNO2S. The molecule has 1 aliphatic carbocycles. The SMILES string of the molecule is O=S(=O)(NC1c2ccccc2CC1Br)c1cccc(F)c1. The largest absolute Gasteiger partial charge is 0.241 e. The van der Waals surface area contributed by atoms with Crippen LogP contribution in [0.15, 0.2) is 53.4 Å². The van der Waals surface area contributed by atoms with Crippen molar-refractivity contribution in [2.24, 2.45) is 0 Å². The Morgan fingerprint density at radius 1 is 1.14 bits per heavy atom. The van der Waals surface area contributed by atoms with Crippen molar-refractivity contribution in [1.82, 2.24) is 4.72 Å². The van der Waals surface area contributed by atoms with Gasteiger partial charge in [0, 0.05) is 4.83 Å². The highest BCUT2D eigenvalue weighted by molar-refractivity contribution is 9.09. The monoisotopic (exact) mass is 369 g/mol. The van der Waals surface area contributed by atoms with E-state index < -0.39 is 15.8 Å². The Bertz CT molecular complexity index is 779. The number of rotatable bonds is 3. The minimum atomic E-state index is -3.76. The lowest BCUT2D eigenvalue weighted by Gasteiger charge is -2.17. The number of alkyl halides is 1. The van der Waals surface area contributed by atoms with Crippen LogP contribution >= 0.6 is 15.9 Å². The molecule has 0 heterocycles. The maximum absolute atomic E-state index is 13.2. The molecule has 3 nitrogen and oxygen atoms in total. The van der Waals surface area contributed by atoms with Gasteiger partial charge in [-0.05, 0) is 35.7 Å². The Hall–Kier alpha value is -1.24. The zero-order valence-electron chi connectivity index (χ0n) is 11.0. The first-order valence-electron chi connectivity index (χ1n) is 6.47. The summed E-state index contributed by atoms with van der Waals surface area (Å²) in [6.45, 7) is 0. The number of fused-ring (bicyclic) bond motifs is 1. The Kier molecular flexibility index (Phi) is 3.86. The van der Waals surface area contributed by atoms with Crippen LogP contribution in [0.4, 0.5) is 4.39 Å². The minimum Gasteiger partial charge on any atom is -0.207 e. The molecule has 2 atom stereocenters. The number of hydrogen-bond acceptors (Lipinski definition) is 2. The Balaban J connectivity index is 1.93. The van der Waals surface area contributed by atoms with Gasteiger partial charge in [-0.3, -0.25) is 0 Å². The van der Waals surface area contributed by atoms with Crippen LogP contribution in [0.2, 0.25) is 0 Å². The quantitative estimate of drug-likeness (QED) is 0.844. The second kappa shape index (κ2) is 5.51. The maximum Gasteiger partial charge on any atom is 0.241 e. The average Bonchev–Trinajstić information content (AvgIpc) is 2.75. The van der Waals surface area contributed by atoms with Gasteiger partial charge in [-0.2, -0.15) is 0 Å². The van der Waals surface area contributed by atoms with Crippen molar-refractivity contribution in [3.05, 3.63) is 65.5 Å². The van der Waals surface area contributed by atoms with E-state index in [4.69, 9.17) is 0 Å². The van der Waals surface area contributed by atoms with E-state index in [1.165, 1.54) is 18.2 Å². The van der Waals surface area contributed by atoms with Gasteiger partial charge >= 0.3 is 0 Å². The van der Waals surface area contributed by atoms with E-state index >= 15 is 0 Å². The second-order valence-electron chi connectivity index (χ2n) is 4.98. The summed E-state index contributed by atoms with van der Waals surface area (Å²) < 4.78 is 40.7. The standard InChI is InChI=1S/C15H13BrFNO2S/c16-14-8-10-4-1-2-7-13(10)15(14)18-21(19,20)12-6-3-5-11(17)9-12/h1-7,9,14-15,18H,8H2. The smallest absolute Gasteiger partial charge is 0.207 e. The summed E-state index contributed by atoms with van der Waals surface area (Å²) in [5.41, 5.74) is 2.07. The van der Waals surface area contributed by atoms with Crippen molar-refractivity contribution < 1.29 is 12.8 Å². The van der Waals surface area contributed by atoms with Crippen molar-refractivity contribution in [3.63, 3.8) is 0 Å². The molecule has 3 rings (SSSR count). The molecule has 0 radical (unpaired) electrons. The van der Waals surface area contributed by atoms with E-state index in [1.54, 1.807) is 0 Å². The fourth-order valence-electron chi connectivity index (χ4n) is 2.55. The van der Waals surface area contributed by atoms with E-state index in [1.807, 2.05) is 24.3 Å². The van der Waals surface area contributed by atoms with Crippen LogP contribution in [-0.2, 0) is 16.4 Å². The van der Waals surface area contributed by atoms with Crippen LogP contribution in [0.5, 0.6) is 0 Å². The van der Waals surface area contributed by atoms with Gasteiger partial charge in [0.2, 0.25) is 10.0 Å². The predicted octanol–water partition coefficient (Wildman–Crippen LogP) is 3.16. The molecule has 0 fully saturated rings. The topological polar surface area (TPSA) is 46.2 Å². The molecule has 2 aromatic rings. The fourth-order valence-corrected chi connectivity index (χ4v) is 4.78. The van der Waals surface area contributed by atoms with E-state index in [0.29, 0.717) is 0 Å². The van der Waals surface area contributed by atoms with E-state index in [0.717, 1.165) is 23.6 Å². The number of nitrogens with one attached hydrogen (secondary N) is 1. The van der Waals surface area contributed by atoms with Gasteiger partial charge < -0.3 is 0 Å². The zero-order valence-corrected chi connectivity index (χ0v) is 13.4. The van der Waals surface area contributed by atoms with Crippen LogP contribution in [-0.4, -0.2) is 13.2 Å². The van der Waals surface area contributed by atoms with Crippen LogP contribution in [0.3, 0.4) is 0 Å². The van der Waals surface area contributed by atoms with E-state index in [2.05, 4.69) is 20.7 Å². The molecule has 6 heteroatoms. The first kappa shape index (κ1) is 14.7. The number of halogens is 2. The maximum atomic E-state index is 13.2. The summed E-state index contributed by atoms with van der Waals surface area (Å²) in [4.78, 5) is -0.0789. The summed E-state index contributed by atoms with van der Waals surface area (Å²) in [7, 11) is -3.76. The van der Waals surface area contributed by atoms with Crippen molar-refractivity contribution in [2.75, 3.05) is 0 Å². The van der Waals surface area contributed by atoms with Gasteiger partial charge in [0.1, 0.15) is 5.82 Å². The van der Waals surface area contributed by atoms with Crippen molar-refractivity contribution in [1.29, 1.82) is 0 Å². The molecule has 0 saturated heterocycles. The highest BCUT2D eigenvalue weighted by Gasteiger charge is 2.33. The molecule has 0 spiro atoms. The molecule has 0 aromatic heterocycles. The Morgan fingerprint density at radius 2 is 1.90 bits per heavy atom. The molecule has 0 saturated carbocycles. The van der Waals surface area contributed by atoms with E-state index in [-0.39, 0.29) is 15.8 Å². The molecule has 2 unspecified atom stereocenters. The van der Waals surface area contributed by atoms with Gasteiger partial charge in [0.25, 0.3) is 0 Å². The van der Waals surface area contributed by atoms with Gasteiger partial charge in [0.05, 0.1) is 10.9 Å². The number of sulfonamides is 1. The molecule has 0 amide bonds. The highest BCUT2D eigenvalue weighted by atomic mass is 79.9.